The Hall–Kier alpha value is -3.52. The largest absolute Gasteiger partial charge is 0.342 e. The zero-order chi connectivity index (χ0) is 21.1. The molecule has 2 aromatic carbocycles. The second-order valence-electron chi connectivity index (χ2n) is 6.66. The molecule has 0 aliphatic carbocycles. The van der Waals surface area contributed by atoms with E-state index in [1.807, 2.05) is 41.8 Å². The van der Waals surface area contributed by atoms with Gasteiger partial charge in [-0.15, -0.1) is 10.2 Å². The number of hydrogen-bond acceptors (Lipinski definition) is 4. The van der Waals surface area contributed by atoms with Crippen LogP contribution in [0.4, 0.5) is 5.69 Å². The average molecular weight is 464 g/mol. The summed E-state index contributed by atoms with van der Waals surface area (Å²) in [6, 6.07) is 19.2. The number of anilines is 1. The number of amides is 2. The molecule has 0 saturated carbocycles. The van der Waals surface area contributed by atoms with Crippen LogP contribution in [0.3, 0.4) is 0 Å². The number of pyridine rings is 1. The Morgan fingerprint density at radius 3 is 2.40 bits per heavy atom. The Morgan fingerprint density at radius 1 is 0.900 bits per heavy atom. The molecule has 0 aliphatic rings. The van der Waals surface area contributed by atoms with Gasteiger partial charge in [0.25, 0.3) is 11.8 Å². The zero-order valence-electron chi connectivity index (χ0n) is 16.0. The number of aromatic nitrogens is 3. The number of rotatable bonds is 5. The van der Waals surface area contributed by atoms with Gasteiger partial charge in [-0.3, -0.25) is 14.0 Å². The lowest BCUT2D eigenvalue weighted by atomic mass is 10.1. The molecule has 0 bridgehead atoms. The van der Waals surface area contributed by atoms with E-state index in [0.29, 0.717) is 32.8 Å². The van der Waals surface area contributed by atoms with Crippen molar-refractivity contribution in [1.82, 2.24) is 19.9 Å². The Bertz CT molecular complexity index is 1240. The van der Waals surface area contributed by atoms with Gasteiger partial charge in [0.1, 0.15) is 0 Å². The van der Waals surface area contributed by atoms with Crippen LogP contribution in [0.15, 0.2) is 77.4 Å². The third-order valence-corrected chi connectivity index (χ3v) is 5.30. The van der Waals surface area contributed by atoms with Gasteiger partial charge < -0.3 is 10.6 Å². The van der Waals surface area contributed by atoms with Crippen molar-refractivity contribution >= 4 is 39.1 Å². The van der Waals surface area contributed by atoms with E-state index in [2.05, 4.69) is 36.8 Å². The van der Waals surface area contributed by atoms with Crippen LogP contribution in [0.5, 0.6) is 0 Å². The van der Waals surface area contributed by atoms with Gasteiger partial charge in [0.2, 0.25) is 0 Å². The average Bonchev–Trinajstić information content (AvgIpc) is 3.18. The van der Waals surface area contributed by atoms with Gasteiger partial charge in [-0.1, -0.05) is 30.3 Å². The SMILES string of the molecule is CC(NC(=O)c1ccccc1NC(=O)c1ccccc1Br)c1nnc2ccccn12. The van der Waals surface area contributed by atoms with Crippen molar-refractivity contribution in [1.29, 1.82) is 0 Å². The standard InChI is InChI=1S/C22H18BrN5O2/c1-14(20-27-26-19-12-6-7-13-28(19)20)24-22(30)16-9-3-5-11-18(16)25-21(29)15-8-2-4-10-17(15)23/h2-14H,1H3,(H,24,30)(H,25,29). The van der Waals surface area contributed by atoms with Crippen LogP contribution in [0.1, 0.15) is 39.5 Å². The Balaban J connectivity index is 1.55. The highest BCUT2D eigenvalue weighted by molar-refractivity contribution is 9.10. The van der Waals surface area contributed by atoms with E-state index in [1.165, 1.54) is 0 Å². The number of fused-ring (bicyclic) bond motifs is 1. The van der Waals surface area contributed by atoms with E-state index in [9.17, 15) is 9.59 Å². The van der Waals surface area contributed by atoms with Gasteiger partial charge >= 0.3 is 0 Å². The summed E-state index contributed by atoms with van der Waals surface area (Å²) in [5.74, 6) is -0.00823. The van der Waals surface area contributed by atoms with Crippen LogP contribution in [0.25, 0.3) is 5.65 Å². The second-order valence-corrected chi connectivity index (χ2v) is 7.52. The smallest absolute Gasteiger partial charge is 0.256 e. The van der Waals surface area contributed by atoms with E-state index >= 15 is 0 Å². The first-order valence-corrected chi connectivity index (χ1v) is 10.1. The molecule has 8 heteroatoms. The van der Waals surface area contributed by atoms with E-state index in [-0.39, 0.29) is 17.9 Å². The number of nitrogens with zero attached hydrogens (tertiary/aromatic N) is 3. The van der Waals surface area contributed by atoms with Gasteiger partial charge in [0.15, 0.2) is 11.5 Å². The van der Waals surface area contributed by atoms with E-state index < -0.39 is 0 Å². The molecule has 1 atom stereocenters. The van der Waals surface area contributed by atoms with Crippen molar-refractivity contribution < 1.29 is 9.59 Å². The second kappa shape index (κ2) is 8.46. The summed E-state index contributed by atoms with van der Waals surface area (Å²) in [7, 11) is 0. The minimum absolute atomic E-state index is 0.306. The molecule has 7 nitrogen and oxygen atoms in total. The summed E-state index contributed by atoms with van der Waals surface area (Å²) >= 11 is 3.38. The molecule has 0 radical (unpaired) electrons. The topological polar surface area (TPSA) is 88.4 Å². The van der Waals surface area contributed by atoms with E-state index in [1.54, 1.807) is 42.5 Å². The van der Waals surface area contributed by atoms with Crippen molar-refractivity contribution in [3.8, 4) is 0 Å². The van der Waals surface area contributed by atoms with Crippen molar-refractivity contribution in [2.45, 2.75) is 13.0 Å². The number of carbonyl (C=O) groups is 2. The number of hydrogen-bond donors (Lipinski definition) is 2. The van der Waals surface area contributed by atoms with Gasteiger partial charge in [-0.2, -0.15) is 0 Å². The predicted octanol–water partition coefficient (Wildman–Crippen LogP) is 4.24. The Kier molecular flexibility index (Phi) is 5.58. The molecule has 4 aromatic rings. The summed E-state index contributed by atoms with van der Waals surface area (Å²) in [5.41, 5.74) is 1.97. The third-order valence-electron chi connectivity index (χ3n) is 4.61. The molecule has 150 valence electrons. The fourth-order valence-electron chi connectivity index (χ4n) is 3.12. The van der Waals surface area contributed by atoms with E-state index in [4.69, 9.17) is 0 Å². The normalized spacial score (nSPS) is 11.8. The number of para-hydroxylation sites is 1. The summed E-state index contributed by atoms with van der Waals surface area (Å²) < 4.78 is 2.50. The minimum atomic E-state index is -0.387. The molecule has 0 spiro atoms. The molecule has 1 unspecified atom stereocenters. The van der Waals surface area contributed by atoms with Gasteiger partial charge in [0, 0.05) is 10.7 Å². The third kappa shape index (κ3) is 3.95. The Morgan fingerprint density at radius 2 is 1.60 bits per heavy atom. The number of benzene rings is 2. The predicted molar refractivity (Wildman–Crippen MR) is 117 cm³/mol. The maximum Gasteiger partial charge on any atom is 0.256 e. The number of nitrogens with one attached hydrogen (secondary N) is 2. The highest BCUT2D eigenvalue weighted by Crippen LogP contribution is 2.21. The fraction of sp³-hybridized carbons (Fsp3) is 0.0909. The Labute approximate surface area is 181 Å². The molecule has 0 fully saturated rings. The van der Waals surface area contributed by atoms with Crippen LogP contribution in [0.2, 0.25) is 0 Å². The van der Waals surface area contributed by atoms with Gasteiger partial charge in [-0.05, 0) is 59.3 Å². The van der Waals surface area contributed by atoms with Crippen molar-refractivity contribution in [2.75, 3.05) is 5.32 Å². The molecular weight excluding hydrogens is 446 g/mol. The van der Waals surface area contributed by atoms with Crippen molar-refractivity contribution in [3.05, 3.63) is 94.4 Å². The monoisotopic (exact) mass is 463 g/mol. The lowest BCUT2D eigenvalue weighted by Gasteiger charge is -2.15. The first kappa shape index (κ1) is 19.8. The van der Waals surface area contributed by atoms with Crippen LogP contribution >= 0.6 is 15.9 Å². The first-order valence-electron chi connectivity index (χ1n) is 9.30. The van der Waals surface area contributed by atoms with Crippen LogP contribution in [-0.2, 0) is 0 Å². The summed E-state index contributed by atoms with van der Waals surface area (Å²) in [6.45, 7) is 1.84. The number of halogens is 1. The maximum absolute atomic E-state index is 13.0. The van der Waals surface area contributed by atoms with Crippen LogP contribution < -0.4 is 10.6 Å². The minimum Gasteiger partial charge on any atom is -0.342 e. The molecule has 2 aromatic heterocycles. The number of carbonyl (C=O) groups excluding carboxylic acids is 2. The maximum atomic E-state index is 13.0. The lowest BCUT2D eigenvalue weighted by molar-refractivity contribution is 0.0939. The van der Waals surface area contributed by atoms with Crippen LogP contribution in [0, 0.1) is 0 Å². The molecule has 2 N–H and O–H groups in total. The van der Waals surface area contributed by atoms with Crippen molar-refractivity contribution in [2.24, 2.45) is 0 Å². The zero-order valence-corrected chi connectivity index (χ0v) is 17.6. The van der Waals surface area contributed by atoms with Crippen LogP contribution in [-0.4, -0.2) is 26.4 Å². The van der Waals surface area contributed by atoms with Crippen molar-refractivity contribution in [3.63, 3.8) is 0 Å². The molecular formula is C22H18BrN5O2. The lowest BCUT2D eigenvalue weighted by Crippen LogP contribution is -2.29. The quantitative estimate of drug-likeness (QED) is 0.463. The molecule has 0 aliphatic heterocycles. The molecule has 4 rings (SSSR count). The molecule has 2 amide bonds. The summed E-state index contributed by atoms with van der Waals surface area (Å²) in [6.07, 6.45) is 1.85. The first-order chi connectivity index (χ1) is 14.5. The molecule has 2 heterocycles. The highest BCUT2D eigenvalue weighted by Gasteiger charge is 2.20. The fourth-order valence-corrected chi connectivity index (χ4v) is 3.58. The van der Waals surface area contributed by atoms with Gasteiger partial charge in [-0.25, -0.2) is 0 Å². The van der Waals surface area contributed by atoms with E-state index in [0.717, 1.165) is 0 Å². The summed E-state index contributed by atoms with van der Waals surface area (Å²) in [4.78, 5) is 25.6. The van der Waals surface area contributed by atoms with Gasteiger partial charge in [0.05, 0.1) is 22.9 Å². The summed E-state index contributed by atoms with van der Waals surface area (Å²) in [5, 5.41) is 14.1. The molecule has 30 heavy (non-hydrogen) atoms. The molecule has 0 saturated heterocycles. The highest BCUT2D eigenvalue weighted by atomic mass is 79.9.